The molecular weight excluding hydrogens is 254 g/mol. The van der Waals surface area contributed by atoms with Gasteiger partial charge in [-0.3, -0.25) is 4.90 Å². The summed E-state index contributed by atoms with van der Waals surface area (Å²) >= 11 is 0. The standard InChI is InChI=1S/C15H23N3O2/c19-15(20)18-10-4-6-14(18)12-17-9-3-5-13(17)11-16-7-1-2-8-16/h3,5,9,14H,1-2,4,6-8,10-12H2,(H,19,20). The fourth-order valence-corrected chi connectivity index (χ4v) is 3.45. The second-order valence-corrected chi connectivity index (χ2v) is 5.91. The van der Waals surface area contributed by atoms with Crippen molar-refractivity contribution in [2.45, 2.75) is 44.8 Å². The minimum atomic E-state index is -0.777. The number of likely N-dealkylation sites (tertiary alicyclic amines) is 2. The van der Waals surface area contributed by atoms with Gasteiger partial charge in [0.2, 0.25) is 0 Å². The van der Waals surface area contributed by atoms with Gasteiger partial charge in [-0.1, -0.05) is 0 Å². The lowest BCUT2D eigenvalue weighted by molar-refractivity contribution is 0.136. The van der Waals surface area contributed by atoms with Crippen LogP contribution >= 0.6 is 0 Å². The number of rotatable bonds is 4. The van der Waals surface area contributed by atoms with Crippen molar-refractivity contribution in [2.24, 2.45) is 0 Å². The second kappa shape index (κ2) is 5.87. The molecule has 1 aromatic heterocycles. The molecule has 2 saturated heterocycles. The SMILES string of the molecule is O=C(O)N1CCCC1Cn1cccc1CN1CCCC1. The van der Waals surface area contributed by atoms with Crippen LogP contribution in [0.2, 0.25) is 0 Å². The van der Waals surface area contributed by atoms with E-state index in [4.69, 9.17) is 0 Å². The van der Waals surface area contributed by atoms with Gasteiger partial charge in [-0.15, -0.1) is 0 Å². The highest BCUT2D eigenvalue weighted by Gasteiger charge is 2.29. The van der Waals surface area contributed by atoms with Crippen molar-refractivity contribution in [1.82, 2.24) is 14.4 Å². The zero-order valence-corrected chi connectivity index (χ0v) is 11.9. The summed E-state index contributed by atoms with van der Waals surface area (Å²) in [6, 6.07) is 4.38. The number of carboxylic acid groups (broad SMARTS) is 1. The number of aromatic nitrogens is 1. The maximum absolute atomic E-state index is 11.2. The van der Waals surface area contributed by atoms with Crippen LogP contribution in [0.1, 0.15) is 31.4 Å². The van der Waals surface area contributed by atoms with Crippen molar-refractivity contribution in [3.8, 4) is 0 Å². The Labute approximate surface area is 119 Å². The molecule has 110 valence electrons. The molecule has 0 spiro atoms. The second-order valence-electron chi connectivity index (χ2n) is 5.91. The van der Waals surface area contributed by atoms with Crippen LogP contribution in [0.25, 0.3) is 0 Å². The maximum Gasteiger partial charge on any atom is 0.407 e. The Morgan fingerprint density at radius 1 is 1.25 bits per heavy atom. The predicted octanol–water partition coefficient (Wildman–Crippen LogP) is 2.23. The molecule has 1 unspecified atom stereocenters. The summed E-state index contributed by atoms with van der Waals surface area (Å²) in [5.74, 6) is 0. The van der Waals surface area contributed by atoms with Crippen molar-refractivity contribution in [3.63, 3.8) is 0 Å². The van der Waals surface area contributed by atoms with E-state index in [0.717, 1.165) is 25.9 Å². The van der Waals surface area contributed by atoms with E-state index in [0.29, 0.717) is 6.54 Å². The van der Waals surface area contributed by atoms with Crippen LogP contribution in [0, 0.1) is 0 Å². The van der Waals surface area contributed by atoms with Crippen molar-refractivity contribution in [2.75, 3.05) is 19.6 Å². The highest BCUT2D eigenvalue weighted by Crippen LogP contribution is 2.21. The molecule has 0 aromatic carbocycles. The van der Waals surface area contributed by atoms with Gasteiger partial charge in [0.1, 0.15) is 0 Å². The van der Waals surface area contributed by atoms with Crippen LogP contribution in [0.5, 0.6) is 0 Å². The molecule has 0 radical (unpaired) electrons. The Morgan fingerprint density at radius 2 is 2.05 bits per heavy atom. The minimum Gasteiger partial charge on any atom is -0.465 e. The molecule has 5 nitrogen and oxygen atoms in total. The summed E-state index contributed by atoms with van der Waals surface area (Å²) in [6.07, 6.45) is 5.88. The van der Waals surface area contributed by atoms with E-state index in [9.17, 15) is 9.90 Å². The third kappa shape index (κ3) is 2.82. The zero-order chi connectivity index (χ0) is 13.9. The Bertz CT molecular complexity index is 465. The highest BCUT2D eigenvalue weighted by molar-refractivity contribution is 5.65. The average Bonchev–Trinajstić information content (AvgIpc) is 3.13. The topological polar surface area (TPSA) is 48.7 Å². The van der Waals surface area contributed by atoms with Gasteiger partial charge >= 0.3 is 6.09 Å². The van der Waals surface area contributed by atoms with Gasteiger partial charge in [0.15, 0.2) is 0 Å². The van der Waals surface area contributed by atoms with Crippen LogP contribution in [-0.4, -0.2) is 51.2 Å². The van der Waals surface area contributed by atoms with E-state index >= 15 is 0 Å². The Kier molecular flexibility index (Phi) is 3.96. The van der Waals surface area contributed by atoms with Crippen LogP contribution < -0.4 is 0 Å². The monoisotopic (exact) mass is 277 g/mol. The summed E-state index contributed by atoms with van der Waals surface area (Å²) in [4.78, 5) is 15.3. The average molecular weight is 277 g/mol. The molecule has 1 atom stereocenters. The number of hydrogen-bond donors (Lipinski definition) is 1. The third-order valence-electron chi connectivity index (χ3n) is 4.54. The van der Waals surface area contributed by atoms with Crippen LogP contribution in [0.4, 0.5) is 4.79 Å². The number of hydrogen-bond acceptors (Lipinski definition) is 2. The summed E-state index contributed by atoms with van der Waals surface area (Å²) in [5.41, 5.74) is 1.31. The number of carbonyl (C=O) groups is 1. The highest BCUT2D eigenvalue weighted by atomic mass is 16.4. The van der Waals surface area contributed by atoms with Gasteiger partial charge in [-0.2, -0.15) is 0 Å². The van der Waals surface area contributed by atoms with Gasteiger partial charge in [-0.25, -0.2) is 4.79 Å². The van der Waals surface area contributed by atoms with Crippen molar-refractivity contribution in [1.29, 1.82) is 0 Å². The van der Waals surface area contributed by atoms with E-state index in [-0.39, 0.29) is 6.04 Å². The lowest BCUT2D eigenvalue weighted by Gasteiger charge is -2.24. The molecule has 1 N–H and O–H groups in total. The van der Waals surface area contributed by atoms with Gasteiger partial charge in [0, 0.05) is 31.5 Å². The molecule has 20 heavy (non-hydrogen) atoms. The fourth-order valence-electron chi connectivity index (χ4n) is 3.45. The van der Waals surface area contributed by atoms with Gasteiger partial charge in [0.25, 0.3) is 0 Å². The van der Waals surface area contributed by atoms with Crippen molar-refractivity contribution >= 4 is 6.09 Å². The molecule has 0 saturated carbocycles. The van der Waals surface area contributed by atoms with Crippen molar-refractivity contribution in [3.05, 3.63) is 24.0 Å². The lowest BCUT2D eigenvalue weighted by atomic mass is 10.2. The van der Waals surface area contributed by atoms with E-state index < -0.39 is 6.09 Å². The largest absolute Gasteiger partial charge is 0.465 e. The molecule has 0 aliphatic carbocycles. The number of amides is 1. The Balaban J connectivity index is 1.65. The Hall–Kier alpha value is -1.49. The van der Waals surface area contributed by atoms with Gasteiger partial charge in [0.05, 0.1) is 6.04 Å². The molecule has 3 rings (SSSR count). The smallest absolute Gasteiger partial charge is 0.407 e. The van der Waals surface area contributed by atoms with Crippen LogP contribution in [0.3, 0.4) is 0 Å². The fraction of sp³-hybridized carbons (Fsp3) is 0.667. The lowest BCUT2D eigenvalue weighted by Crippen LogP contribution is -2.37. The molecule has 0 bridgehead atoms. The zero-order valence-electron chi connectivity index (χ0n) is 11.9. The predicted molar refractivity (Wildman–Crippen MR) is 76.7 cm³/mol. The molecular formula is C15H23N3O2. The summed E-state index contributed by atoms with van der Waals surface area (Å²) in [5, 5.41) is 9.22. The molecule has 2 aliphatic rings. The molecule has 1 amide bonds. The van der Waals surface area contributed by atoms with E-state index in [1.54, 1.807) is 4.90 Å². The van der Waals surface area contributed by atoms with Crippen molar-refractivity contribution < 1.29 is 9.90 Å². The maximum atomic E-state index is 11.2. The summed E-state index contributed by atoms with van der Waals surface area (Å²) in [7, 11) is 0. The van der Waals surface area contributed by atoms with Crippen LogP contribution in [0.15, 0.2) is 18.3 Å². The molecule has 2 fully saturated rings. The molecule has 1 aromatic rings. The normalized spacial score (nSPS) is 23.6. The van der Waals surface area contributed by atoms with Crippen LogP contribution in [-0.2, 0) is 13.1 Å². The van der Waals surface area contributed by atoms with E-state index in [2.05, 4.69) is 27.8 Å². The minimum absolute atomic E-state index is 0.136. The quantitative estimate of drug-likeness (QED) is 0.918. The Morgan fingerprint density at radius 3 is 2.80 bits per heavy atom. The first-order valence-corrected chi connectivity index (χ1v) is 7.60. The first-order chi connectivity index (χ1) is 9.74. The van der Waals surface area contributed by atoms with E-state index in [1.165, 1.54) is 31.6 Å². The first-order valence-electron chi connectivity index (χ1n) is 7.60. The molecule has 3 heterocycles. The van der Waals surface area contributed by atoms with Gasteiger partial charge in [-0.05, 0) is 50.9 Å². The van der Waals surface area contributed by atoms with Gasteiger partial charge < -0.3 is 14.6 Å². The third-order valence-corrected chi connectivity index (χ3v) is 4.54. The number of nitrogens with zero attached hydrogens (tertiary/aromatic N) is 3. The first kappa shape index (κ1) is 13.5. The summed E-state index contributed by atoms with van der Waals surface area (Å²) in [6.45, 7) is 4.85. The van der Waals surface area contributed by atoms with E-state index in [1.807, 2.05) is 0 Å². The summed E-state index contributed by atoms with van der Waals surface area (Å²) < 4.78 is 2.24. The molecule has 5 heteroatoms. The molecule has 2 aliphatic heterocycles.